The lowest BCUT2D eigenvalue weighted by Gasteiger charge is -2.12. The summed E-state index contributed by atoms with van der Waals surface area (Å²) in [5.41, 5.74) is 7.20. The molecule has 4 N–H and O–H groups in total. The third kappa shape index (κ3) is 2.95. The number of allylic oxidation sites excluding steroid dienone is 2. The van der Waals surface area contributed by atoms with Crippen LogP contribution in [0.5, 0.6) is 0 Å². The van der Waals surface area contributed by atoms with Crippen LogP contribution in [0.1, 0.15) is 12.8 Å². The van der Waals surface area contributed by atoms with Gasteiger partial charge in [0, 0.05) is 24.4 Å². The molecule has 0 aromatic carbocycles. The van der Waals surface area contributed by atoms with Crippen LogP contribution in [-0.4, -0.2) is 24.2 Å². The van der Waals surface area contributed by atoms with Gasteiger partial charge >= 0.3 is 0 Å². The summed E-state index contributed by atoms with van der Waals surface area (Å²) >= 11 is 0. The molecule has 0 radical (unpaired) electrons. The fourth-order valence-corrected chi connectivity index (χ4v) is 1.29. The number of hydrogen-bond acceptors (Lipinski definition) is 4. The van der Waals surface area contributed by atoms with Crippen molar-refractivity contribution >= 4 is 17.6 Å². The van der Waals surface area contributed by atoms with Gasteiger partial charge in [0.15, 0.2) is 0 Å². The molecule has 4 heteroatoms. The first-order valence-corrected chi connectivity index (χ1v) is 4.91. The Labute approximate surface area is 89.6 Å². The molecule has 1 rings (SSSR count). The monoisotopic (exact) mass is 204 g/mol. The van der Waals surface area contributed by atoms with Crippen LogP contribution in [0.15, 0.2) is 29.4 Å². The van der Waals surface area contributed by atoms with E-state index in [1.54, 1.807) is 0 Å². The first-order chi connectivity index (χ1) is 7.19. The number of nitrogens with one attached hydrogen (secondary N) is 2. The summed E-state index contributed by atoms with van der Waals surface area (Å²) in [5, 5.41) is 14.8. The Hall–Kier alpha value is -1.55. The summed E-state index contributed by atoms with van der Waals surface area (Å²) < 4.78 is 0. The molecule has 0 bridgehead atoms. The van der Waals surface area contributed by atoms with E-state index < -0.39 is 0 Å². The molecule has 15 heavy (non-hydrogen) atoms. The number of nitrogens with zero attached hydrogens (tertiary/aromatic N) is 1. The molecule has 0 aromatic heterocycles. The Bertz CT molecular complexity index is 338. The van der Waals surface area contributed by atoms with Crippen molar-refractivity contribution in [2.45, 2.75) is 12.8 Å². The van der Waals surface area contributed by atoms with Crippen molar-refractivity contribution in [3.8, 4) is 0 Å². The lowest BCUT2D eigenvalue weighted by molar-refractivity contribution is 0.815. The Morgan fingerprint density at radius 1 is 1.73 bits per heavy atom. The van der Waals surface area contributed by atoms with Gasteiger partial charge in [-0.3, -0.25) is 4.99 Å². The van der Waals surface area contributed by atoms with Gasteiger partial charge in [-0.1, -0.05) is 12.7 Å². The summed E-state index contributed by atoms with van der Waals surface area (Å²) in [5.74, 6) is -0.222. The molecular formula is C11H16N4. The van der Waals surface area contributed by atoms with Crippen LogP contribution in [0.25, 0.3) is 0 Å². The third-order valence-corrected chi connectivity index (χ3v) is 2.29. The summed E-state index contributed by atoms with van der Waals surface area (Å²) in [4.78, 5) is 4.24. The maximum Gasteiger partial charge on any atom is 0.0837 e. The molecule has 0 heterocycles. The minimum Gasteiger partial charge on any atom is -0.329 e. The molecule has 4 nitrogen and oxygen atoms in total. The third-order valence-electron chi connectivity index (χ3n) is 2.29. The SMILES string of the molecule is C=C(/N=C1/C=CCCC1=N)C(C=N)CN. The highest BCUT2D eigenvalue weighted by molar-refractivity contribution is 6.46. The maximum atomic E-state index is 7.68. The molecule has 1 aliphatic rings. The van der Waals surface area contributed by atoms with Gasteiger partial charge in [0.25, 0.3) is 0 Å². The van der Waals surface area contributed by atoms with Crippen LogP contribution in [0.2, 0.25) is 0 Å². The Morgan fingerprint density at radius 2 is 2.47 bits per heavy atom. The van der Waals surface area contributed by atoms with E-state index in [2.05, 4.69) is 11.6 Å². The lowest BCUT2D eigenvalue weighted by atomic mass is 10.0. The van der Waals surface area contributed by atoms with Gasteiger partial charge in [-0.2, -0.15) is 0 Å². The van der Waals surface area contributed by atoms with Gasteiger partial charge in [0.05, 0.1) is 11.4 Å². The van der Waals surface area contributed by atoms with Crippen LogP contribution < -0.4 is 5.73 Å². The Kier molecular flexibility index (Phi) is 4.12. The number of rotatable bonds is 4. The summed E-state index contributed by atoms with van der Waals surface area (Å²) in [7, 11) is 0. The fourth-order valence-electron chi connectivity index (χ4n) is 1.29. The normalized spacial score (nSPS) is 20.3. The summed E-state index contributed by atoms with van der Waals surface area (Å²) in [6.45, 7) is 4.11. The molecule has 0 fully saturated rings. The van der Waals surface area contributed by atoms with Crippen LogP contribution in [0, 0.1) is 16.7 Å². The van der Waals surface area contributed by atoms with Crippen LogP contribution >= 0.6 is 0 Å². The predicted octanol–water partition coefficient (Wildman–Crippen LogP) is 1.54. The highest BCUT2D eigenvalue weighted by atomic mass is 14.8. The van der Waals surface area contributed by atoms with E-state index in [0.717, 1.165) is 12.8 Å². The van der Waals surface area contributed by atoms with E-state index >= 15 is 0 Å². The lowest BCUT2D eigenvalue weighted by Crippen LogP contribution is -2.19. The van der Waals surface area contributed by atoms with Crippen LogP contribution in [0.4, 0.5) is 0 Å². The van der Waals surface area contributed by atoms with Crippen molar-refractivity contribution in [2.75, 3.05) is 6.54 Å². The zero-order valence-corrected chi connectivity index (χ0v) is 8.66. The average molecular weight is 204 g/mol. The maximum absolute atomic E-state index is 7.68. The van der Waals surface area contributed by atoms with E-state index in [1.165, 1.54) is 6.21 Å². The number of hydrogen-bond donors (Lipinski definition) is 3. The van der Waals surface area contributed by atoms with Crippen molar-refractivity contribution in [3.63, 3.8) is 0 Å². The number of aliphatic imine (C=N–C) groups is 1. The van der Waals surface area contributed by atoms with Crippen molar-refractivity contribution in [1.82, 2.24) is 0 Å². The Balaban J connectivity index is 2.81. The predicted molar refractivity (Wildman–Crippen MR) is 64.0 cm³/mol. The van der Waals surface area contributed by atoms with E-state index in [0.29, 0.717) is 23.7 Å². The highest BCUT2D eigenvalue weighted by Crippen LogP contribution is 2.11. The van der Waals surface area contributed by atoms with Crippen molar-refractivity contribution in [1.29, 1.82) is 10.8 Å². The minimum atomic E-state index is -0.222. The second kappa shape index (κ2) is 5.36. The minimum absolute atomic E-state index is 0.222. The summed E-state index contributed by atoms with van der Waals surface area (Å²) in [6.07, 6.45) is 6.68. The van der Waals surface area contributed by atoms with E-state index in [9.17, 15) is 0 Å². The van der Waals surface area contributed by atoms with Gasteiger partial charge in [-0.15, -0.1) is 0 Å². The molecule has 0 aliphatic heterocycles. The zero-order chi connectivity index (χ0) is 11.3. The largest absolute Gasteiger partial charge is 0.329 e. The van der Waals surface area contributed by atoms with E-state index in [-0.39, 0.29) is 5.92 Å². The molecule has 0 saturated heterocycles. The highest BCUT2D eigenvalue weighted by Gasteiger charge is 2.11. The van der Waals surface area contributed by atoms with E-state index in [4.69, 9.17) is 16.6 Å². The molecule has 0 saturated carbocycles. The molecule has 0 spiro atoms. The first kappa shape index (κ1) is 11.5. The van der Waals surface area contributed by atoms with Gasteiger partial charge in [0.1, 0.15) is 0 Å². The zero-order valence-electron chi connectivity index (χ0n) is 8.66. The average Bonchev–Trinajstić information content (AvgIpc) is 2.23. The fraction of sp³-hybridized carbons (Fsp3) is 0.364. The molecule has 0 aromatic rings. The topological polar surface area (TPSA) is 86.1 Å². The molecule has 1 aliphatic carbocycles. The van der Waals surface area contributed by atoms with Gasteiger partial charge < -0.3 is 16.6 Å². The van der Waals surface area contributed by atoms with Gasteiger partial charge in [0.2, 0.25) is 0 Å². The molecule has 0 amide bonds. The molecular weight excluding hydrogens is 188 g/mol. The standard InChI is InChI=1S/C11H16N4/c1-8(9(6-12)7-13)15-11-5-3-2-4-10(11)14/h3,5-6,9,12,14H,1-2,4,7,13H2/b12-6?,14-10?,15-11-. The van der Waals surface area contributed by atoms with E-state index in [1.807, 2.05) is 12.2 Å². The van der Waals surface area contributed by atoms with Crippen LogP contribution in [-0.2, 0) is 0 Å². The van der Waals surface area contributed by atoms with Crippen molar-refractivity contribution < 1.29 is 0 Å². The van der Waals surface area contributed by atoms with Crippen molar-refractivity contribution in [2.24, 2.45) is 16.6 Å². The van der Waals surface area contributed by atoms with Crippen molar-refractivity contribution in [3.05, 3.63) is 24.4 Å². The molecule has 1 atom stereocenters. The van der Waals surface area contributed by atoms with Gasteiger partial charge in [-0.05, 0) is 18.9 Å². The Morgan fingerprint density at radius 3 is 3.00 bits per heavy atom. The van der Waals surface area contributed by atoms with Crippen LogP contribution in [0.3, 0.4) is 0 Å². The number of nitrogens with two attached hydrogens (primary N) is 1. The summed E-state index contributed by atoms with van der Waals surface area (Å²) in [6, 6.07) is 0. The molecule has 1 unspecified atom stereocenters. The first-order valence-electron chi connectivity index (χ1n) is 4.91. The second-order valence-corrected chi connectivity index (χ2v) is 3.42. The molecule has 80 valence electrons. The van der Waals surface area contributed by atoms with Gasteiger partial charge in [-0.25, -0.2) is 0 Å². The second-order valence-electron chi connectivity index (χ2n) is 3.42. The smallest absolute Gasteiger partial charge is 0.0837 e. The quantitative estimate of drug-likeness (QED) is 0.596.